The van der Waals surface area contributed by atoms with Crippen molar-refractivity contribution in [2.75, 3.05) is 13.1 Å². The maximum Gasteiger partial charge on any atom is 0.347 e. The van der Waals surface area contributed by atoms with E-state index in [0.717, 1.165) is 29.9 Å². The zero-order valence-electron chi connectivity index (χ0n) is 18.7. The molecule has 1 N–H and O–H groups in total. The summed E-state index contributed by atoms with van der Waals surface area (Å²) in [4.78, 5) is 31.4. The van der Waals surface area contributed by atoms with Crippen molar-refractivity contribution in [1.29, 1.82) is 0 Å². The molecule has 0 atom stereocenters. The first-order valence-electron chi connectivity index (χ1n) is 11.1. The number of piperidine rings is 1. The molecule has 8 heteroatoms. The number of hydrogen-bond donors (Lipinski definition) is 1. The van der Waals surface area contributed by atoms with Crippen molar-refractivity contribution in [3.8, 4) is 11.6 Å². The topological polar surface area (TPSA) is 93.1 Å². The van der Waals surface area contributed by atoms with E-state index in [0.29, 0.717) is 36.9 Å². The monoisotopic (exact) mass is 435 g/mol. The van der Waals surface area contributed by atoms with Crippen LogP contribution in [0.2, 0.25) is 0 Å². The minimum atomic E-state index is -0.223. The van der Waals surface area contributed by atoms with Gasteiger partial charge in [0.1, 0.15) is 5.82 Å². The van der Waals surface area contributed by atoms with Crippen molar-refractivity contribution in [2.45, 2.75) is 46.1 Å². The zero-order valence-corrected chi connectivity index (χ0v) is 18.7. The lowest BCUT2D eigenvalue weighted by molar-refractivity contribution is 0.0689. The van der Waals surface area contributed by atoms with Crippen LogP contribution in [0.1, 0.15) is 48.4 Å². The molecule has 0 bridgehead atoms. The number of aromatic amines is 1. The molecule has 2 aromatic heterocycles. The molecule has 1 aliphatic rings. The van der Waals surface area contributed by atoms with Crippen LogP contribution in [0.3, 0.4) is 0 Å². The Bertz CT molecular complexity index is 1130. The molecule has 32 heavy (non-hydrogen) atoms. The van der Waals surface area contributed by atoms with Crippen LogP contribution in [0.15, 0.2) is 47.4 Å². The molecule has 3 aromatic rings. The second-order valence-corrected chi connectivity index (χ2v) is 8.56. The van der Waals surface area contributed by atoms with E-state index in [-0.39, 0.29) is 17.7 Å². The fourth-order valence-corrected chi connectivity index (χ4v) is 4.13. The van der Waals surface area contributed by atoms with E-state index in [1.807, 2.05) is 49.9 Å². The van der Waals surface area contributed by atoms with Gasteiger partial charge in [0.25, 0.3) is 5.91 Å². The highest BCUT2D eigenvalue weighted by Gasteiger charge is 2.26. The van der Waals surface area contributed by atoms with E-state index in [1.54, 1.807) is 22.9 Å². The fraction of sp³-hybridized carbons (Fsp3) is 0.417. The van der Waals surface area contributed by atoms with Crippen molar-refractivity contribution in [2.24, 2.45) is 5.92 Å². The van der Waals surface area contributed by atoms with Crippen LogP contribution >= 0.6 is 0 Å². The predicted molar refractivity (Wildman–Crippen MR) is 121 cm³/mol. The standard InChI is InChI=1S/C24H29N5O3/c1-16(2)32-22-9-8-19(15-25-22)23(30)28-12-10-18(11-13-28)14-21-26-27-24(31)29(21)20-7-5-4-6-17(20)3/h4-9,15-16,18H,10-14H2,1-3H3,(H,27,31). The third-order valence-electron chi connectivity index (χ3n) is 5.81. The van der Waals surface area contributed by atoms with Crippen LogP contribution in [0.25, 0.3) is 5.69 Å². The van der Waals surface area contributed by atoms with Gasteiger partial charge in [0.2, 0.25) is 5.88 Å². The average molecular weight is 436 g/mol. The molecule has 0 saturated carbocycles. The molecule has 168 valence electrons. The Hall–Kier alpha value is -3.42. The van der Waals surface area contributed by atoms with E-state index in [9.17, 15) is 9.59 Å². The second kappa shape index (κ2) is 9.38. The van der Waals surface area contributed by atoms with Gasteiger partial charge in [-0.1, -0.05) is 18.2 Å². The molecule has 8 nitrogen and oxygen atoms in total. The average Bonchev–Trinajstić information content (AvgIpc) is 3.14. The molecule has 1 fully saturated rings. The van der Waals surface area contributed by atoms with Crippen LogP contribution in [-0.4, -0.2) is 49.7 Å². The van der Waals surface area contributed by atoms with E-state index in [1.165, 1.54) is 0 Å². The molecule has 4 rings (SSSR count). The van der Waals surface area contributed by atoms with Crippen LogP contribution in [0.5, 0.6) is 5.88 Å². The summed E-state index contributed by atoms with van der Waals surface area (Å²) in [5, 5.41) is 6.88. The van der Waals surface area contributed by atoms with Crippen LogP contribution in [0, 0.1) is 12.8 Å². The summed E-state index contributed by atoms with van der Waals surface area (Å²) in [5.41, 5.74) is 2.22. The number of pyridine rings is 1. The Kier molecular flexibility index (Phi) is 6.39. The molecule has 0 unspecified atom stereocenters. The van der Waals surface area contributed by atoms with Crippen LogP contribution in [0.4, 0.5) is 0 Å². The molecule has 0 spiro atoms. The Morgan fingerprint density at radius 1 is 1.19 bits per heavy atom. The molecule has 0 aliphatic carbocycles. The first-order chi connectivity index (χ1) is 15.4. The van der Waals surface area contributed by atoms with E-state index in [2.05, 4.69) is 15.2 Å². The fourth-order valence-electron chi connectivity index (χ4n) is 4.13. The van der Waals surface area contributed by atoms with Gasteiger partial charge in [-0.05, 0) is 57.2 Å². The molecule has 1 aliphatic heterocycles. The smallest absolute Gasteiger partial charge is 0.347 e. The number of aromatic nitrogens is 4. The van der Waals surface area contributed by atoms with Crippen molar-refractivity contribution >= 4 is 5.91 Å². The molecule has 3 heterocycles. The Labute approximate surface area is 187 Å². The van der Waals surface area contributed by atoms with Crippen LogP contribution in [-0.2, 0) is 6.42 Å². The maximum atomic E-state index is 12.9. The SMILES string of the molecule is Cc1ccccc1-n1c(CC2CCN(C(=O)c3ccc(OC(C)C)nc3)CC2)n[nH]c1=O. The third kappa shape index (κ3) is 4.74. The summed E-state index contributed by atoms with van der Waals surface area (Å²) in [7, 11) is 0. The van der Waals surface area contributed by atoms with Gasteiger partial charge in [0, 0.05) is 31.8 Å². The number of benzene rings is 1. The zero-order chi connectivity index (χ0) is 22.7. The highest BCUT2D eigenvalue weighted by Crippen LogP contribution is 2.23. The number of nitrogens with one attached hydrogen (secondary N) is 1. The Balaban J connectivity index is 1.38. The van der Waals surface area contributed by atoms with Gasteiger partial charge < -0.3 is 9.64 Å². The minimum absolute atomic E-state index is 0.0105. The van der Waals surface area contributed by atoms with Gasteiger partial charge in [0.05, 0.1) is 17.4 Å². The molecule has 1 amide bonds. The lowest BCUT2D eigenvalue weighted by atomic mass is 9.93. The van der Waals surface area contributed by atoms with E-state index in [4.69, 9.17) is 4.74 Å². The van der Waals surface area contributed by atoms with Crippen molar-refractivity contribution in [3.63, 3.8) is 0 Å². The minimum Gasteiger partial charge on any atom is -0.475 e. The summed E-state index contributed by atoms with van der Waals surface area (Å²) in [5.74, 6) is 1.61. The van der Waals surface area contributed by atoms with Crippen molar-refractivity contribution < 1.29 is 9.53 Å². The third-order valence-corrected chi connectivity index (χ3v) is 5.81. The van der Waals surface area contributed by atoms with Crippen LogP contribution < -0.4 is 10.4 Å². The highest BCUT2D eigenvalue weighted by molar-refractivity contribution is 5.94. The summed E-state index contributed by atoms with van der Waals surface area (Å²) >= 11 is 0. The summed E-state index contributed by atoms with van der Waals surface area (Å²) in [6.45, 7) is 7.21. The number of carbonyl (C=O) groups excluding carboxylic acids is 1. The van der Waals surface area contributed by atoms with Gasteiger partial charge >= 0.3 is 5.69 Å². The molecular weight excluding hydrogens is 406 g/mol. The number of nitrogens with zero attached hydrogens (tertiary/aromatic N) is 4. The lowest BCUT2D eigenvalue weighted by Gasteiger charge is -2.32. The Morgan fingerprint density at radius 3 is 2.59 bits per heavy atom. The number of aryl methyl sites for hydroxylation is 1. The number of carbonyl (C=O) groups is 1. The number of rotatable bonds is 6. The lowest BCUT2D eigenvalue weighted by Crippen LogP contribution is -2.39. The van der Waals surface area contributed by atoms with Gasteiger partial charge in [-0.2, -0.15) is 5.10 Å². The predicted octanol–water partition coefficient (Wildman–Crippen LogP) is 3.15. The Morgan fingerprint density at radius 2 is 1.94 bits per heavy atom. The van der Waals surface area contributed by atoms with Gasteiger partial charge in [0.15, 0.2) is 0 Å². The molecule has 1 saturated heterocycles. The molecule has 1 aromatic carbocycles. The quantitative estimate of drug-likeness (QED) is 0.642. The maximum absolute atomic E-state index is 12.9. The van der Waals surface area contributed by atoms with Crippen molar-refractivity contribution in [1.82, 2.24) is 24.6 Å². The number of hydrogen-bond acceptors (Lipinski definition) is 5. The van der Waals surface area contributed by atoms with E-state index >= 15 is 0 Å². The summed E-state index contributed by atoms with van der Waals surface area (Å²) < 4.78 is 7.21. The highest BCUT2D eigenvalue weighted by atomic mass is 16.5. The van der Waals surface area contributed by atoms with Crippen molar-refractivity contribution in [3.05, 3.63) is 70.0 Å². The number of ether oxygens (including phenoxy) is 1. The second-order valence-electron chi connectivity index (χ2n) is 8.56. The van der Waals surface area contributed by atoms with Gasteiger partial charge in [-0.25, -0.2) is 19.4 Å². The first-order valence-corrected chi connectivity index (χ1v) is 11.1. The molecular formula is C24H29N5O3. The van der Waals surface area contributed by atoms with Gasteiger partial charge in [-0.15, -0.1) is 0 Å². The molecule has 0 radical (unpaired) electrons. The number of H-pyrrole nitrogens is 1. The summed E-state index contributed by atoms with van der Waals surface area (Å²) in [6.07, 6.45) is 4.04. The number of amides is 1. The normalized spacial score (nSPS) is 14.7. The number of para-hydroxylation sites is 1. The van der Waals surface area contributed by atoms with Gasteiger partial charge in [-0.3, -0.25) is 4.79 Å². The first kappa shape index (κ1) is 21.8. The number of likely N-dealkylation sites (tertiary alicyclic amines) is 1. The summed E-state index contributed by atoms with van der Waals surface area (Å²) in [6, 6.07) is 11.3. The largest absolute Gasteiger partial charge is 0.475 e. The van der Waals surface area contributed by atoms with E-state index < -0.39 is 0 Å².